The second-order valence-electron chi connectivity index (χ2n) is 3.37. The summed E-state index contributed by atoms with van der Waals surface area (Å²) in [5.41, 5.74) is 0. The molecule has 10 heavy (non-hydrogen) atoms. The topological polar surface area (TPSA) is 3.24 Å². The summed E-state index contributed by atoms with van der Waals surface area (Å²) in [5.74, 6) is 0.881. The Bertz CT molecular complexity index is 129. The molecule has 0 bridgehead atoms. The van der Waals surface area contributed by atoms with Crippen LogP contribution in [0.2, 0.25) is 0 Å². The minimum atomic E-state index is 0.708. The van der Waals surface area contributed by atoms with Crippen molar-refractivity contribution in [3.63, 3.8) is 0 Å². The molecule has 0 aliphatic carbocycles. The number of likely N-dealkylation sites (N-methyl/N-ethyl adjacent to an activating group) is 1. The number of hydrogen-bond acceptors (Lipinski definition) is 1. The molecular formula is C9H17N. The summed E-state index contributed by atoms with van der Waals surface area (Å²) in [6.07, 6.45) is 5.78. The first-order valence-electron chi connectivity index (χ1n) is 4.07. The predicted molar refractivity (Wildman–Crippen MR) is 45.0 cm³/mol. The van der Waals surface area contributed by atoms with Crippen molar-refractivity contribution in [1.29, 1.82) is 0 Å². The quantitative estimate of drug-likeness (QED) is 0.501. The van der Waals surface area contributed by atoms with Crippen molar-refractivity contribution >= 4 is 0 Å². The minimum Gasteiger partial charge on any atom is -0.300 e. The second kappa shape index (κ2) is 3.20. The third-order valence-corrected chi connectivity index (χ3v) is 2.22. The summed E-state index contributed by atoms with van der Waals surface area (Å²) < 4.78 is 0. The van der Waals surface area contributed by atoms with E-state index in [-0.39, 0.29) is 0 Å². The molecule has 1 aliphatic rings. The van der Waals surface area contributed by atoms with Gasteiger partial charge in [-0.05, 0) is 26.3 Å². The van der Waals surface area contributed by atoms with E-state index in [0.717, 1.165) is 5.92 Å². The predicted octanol–water partition coefficient (Wildman–Crippen LogP) is 1.90. The van der Waals surface area contributed by atoms with Crippen molar-refractivity contribution in [2.24, 2.45) is 5.92 Å². The lowest BCUT2D eigenvalue weighted by atomic mass is 10.1. The number of rotatable bonds is 1. The zero-order chi connectivity index (χ0) is 7.56. The molecule has 0 amide bonds. The van der Waals surface area contributed by atoms with Crippen molar-refractivity contribution in [2.45, 2.75) is 26.3 Å². The van der Waals surface area contributed by atoms with Crippen LogP contribution in [-0.4, -0.2) is 24.5 Å². The Morgan fingerprint density at radius 1 is 1.50 bits per heavy atom. The van der Waals surface area contributed by atoms with E-state index >= 15 is 0 Å². The molecule has 1 nitrogen and oxygen atoms in total. The van der Waals surface area contributed by atoms with Crippen molar-refractivity contribution < 1.29 is 0 Å². The maximum Gasteiger partial charge on any atom is 0.0278 e. The van der Waals surface area contributed by atoms with Crippen molar-refractivity contribution in [1.82, 2.24) is 4.90 Å². The maximum atomic E-state index is 2.42. The van der Waals surface area contributed by atoms with Crippen LogP contribution in [0.4, 0.5) is 0 Å². The smallest absolute Gasteiger partial charge is 0.0278 e. The van der Waals surface area contributed by atoms with Gasteiger partial charge in [-0.25, -0.2) is 0 Å². The number of nitrogens with zero attached hydrogens (tertiary/aromatic N) is 1. The van der Waals surface area contributed by atoms with Crippen LogP contribution >= 0.6 is 0 Å². The number of allylic oxidation sites excluding steroid dienone is 1. The lowest BCUT2D eigenvalue weighted by Gasteiger charge is -2.14. The van der Waals surface area contributed by atoms with Crippen LogP contribution in [0.5, 0.6) is 0 Å². The summed E-state index contributed by atoms with van der Waals surface area (Å²) >= 11 is 0. The number of hydrogen-bond donors (Lipinski definition) is 0. The fourth-order valence-corrected chi connectivity index (χ4v) is 1.74. The van der Waals surface area contributed by atoms with Crippen LogP contribution in [0, 0.1) is 5.92 Å². The van der Waals surface area contributed by atoms with E-state index in [4.69, 9.17) is 0 Å². The average Bonchev–Trinajstić information content (AvgIpc) is 2.13. The third-order valence-electron chi connectivity index (χ3n) is 2.22. The Morgan fingerprint density at radius 3 is 2.60 bits per heavy atom. The largest absolute Gasteiger partial charge is 0.300 e. The molecule has 0 spiro atoms. The third kappa shape index (κ3) is 1.60. The normalized spacial score (nSPS) is 35.9. The van der Waals surface area contributed by atoms with E-state index in [1.165, 1.54) is 13.0 Å². The van der Waals surface area contributed by atoms with Gasteiger partial charge in [0.25, 0.3) is 0 Å². The van der Waals surface area contributed by atoms with E-state index in [9.17, 15) is 0 Å². The highest BCUT2D eigenvalue weighted by Gasteiger charge is 2.23. The molecule has 1 aliphatic heterocycles. The van der Waals surface area contributed by atoms with E-state index in [0.29, 0.717) is 6.04 Å². The van der Waals surface area contributed by atoms with Gasteiger partial charge in [-0.1, -0.05) is 19.1 Å². The molecule has 0 saturated carbocycles. The van der Waals surface area contributed by atoms with Gasteiger partial charge in [0.1, 0.15) is 0 Å². The second-order valence-corrected chi connectivity index (χ2v) is 3.37. The average molecular weight is 139 g/mol. The Labute approximate surface area is 63.7 Å². The van der Waals surface area contributed by atoms with Crippen molar-refractivity contribution in [2.75, 3.05) is 13.6 Å². The van der Waals surface area contributed by atoms with E-state index in [1.807, 2.05) is 0 Å². The van der Waals surface area contributed by atoms with Crippen LogP contribution in [-0.2, 0) is 0 Å². The van der Waals surface area contributed by atoms with Crippen LogP contribution in [0.15, 0.2) is 12.2 Å². The molecule has 0 N–H and O–H groups in total. The fourth-order valence-electron chi connectivity index (χ4n) is 1.74. The molecule has 0 aromatic heterocycles. The Hall–Kier alpha value is -0.300. The summed E-state index contributed by atoms with van der Waals surface area (Å²) in [6, 6.07) is 0.708. The lowest BCUT2D eigenvalue weighted by Crippen LogP contribution is -2.22. The Balaban J connectivity index is 2.46. The zero-order valence-electron chi connectivity index (χ0n) is 7.17. The van der Waals surface area contributed by atoms with Gasteiger partial charge in [0, 0.05) is 12.6 Å². The lowest BCUT2D eigenvalue weighted by molar-refractivity contribution is 0.350. The molecule has 1 unspecified atom stereocenters. The molecule has 2 atom stereocenters. The van der Waals surface area contributed by atoms with Crippen LogP contribution < -0.4 is 0 Å². The van der Waals surface area contributed by atoms with Gasteiger partial charge < -0.3 is 0 Å². The summed E-state index contributed by atoms with van der Waals surface area (Å²) in [7, 11) is 2.20. The van der Waals surface area contributed by atoms with Gasteiger partial charge in [0.2, 0.25) is 0 Å². The monoisotopic (exact) mass is 139 g/mol. The molecule has 0 radical (unpaired) electrons. The van der Waals surface area contributed by atoms with Gasteiger partial charge >= 0.3 is 0 Å². The Morgan fingerprint density at radius 2 is 2.20 bits per heavy atom. The van der Waals surface area contributed by atoms with Gasteiger partial charge in [-0.15, -0.1) is 0 Å². The van der Waals surface area contributed by atoms with E-state index < -0.39 is 0 Å². The van der Waals surface area contributed by atoms with Crippen LogP contribution in [0.3, 0.4) is 0 Å². The molecule has 1 heterocycles. The molecular weight excluding hydrogens is 122 g/mol. The molecule has 0 aromatic carbocycles. The summed E-state index contributed by atoms with van der Waals surface area (Å²) in [6.45, 7) is 5.67. The first-order valence-corrected chi connectivity index (χ1v) is 4.07. The minimum absolute atomic E-state index is 0.708. The summed E-state index contributed by atoms with van der Waals surface area (Å²) in [4.78, 5) is 2.42. The molecule has 1 saturated heterocycles. The molecule has 1 heteroatoms. The first-order chi connectivity index (χ1) is 4.74. The zero-order valence-corrected chi connectivity index (χ0v) is 7.17. The van der Waals surface area contributed by atoms with Gasteiger partial charge in [-0.3, -0.25) is 4.90 Å². The van der Waals surface area contributed by atoms with Crippen LogP contribution in [0.25, 0.3) is 0 Å². The standard InChI is InChI=1S/C9H17N/c1-4-5-9-6-8(2)7-10(9)3/h4-5,8-9H,6-7H2,1-3H3/t8-,9?/m1/s1. The van der Waals surface area contributed by atoms with Crippen molar-refractivity contribution in [3.05, 3.63) is 12.2 Å². The van der Waals surface area contributed by atoms with E-state index in [1.54, 1.807) is 0 Å². The van der Waals surface area contributed by atoms with Gasteiger partial charge in [0.05, 0.1) is 0 Å². The van der Waals surface area contributed by atoms with E-state index in [2.05, 4.69) is 37.9 Å². The fraction of sp³-hybridized carbons (Fsp3) is 0.778. The SMILES string of the molecule is CC=CC1C[C@@H](C)CN1C. The Kier molecular flexibility index (Phi) is 2.50. The molecule has 1 fully saturated rings. The van der Waals surface area contributed by atoms with Crippen molar-refractivity contribution in [3.8, 4) is 0 Å². The van der Waals surface area contributed by atoms with Gasteiger partial charge in [-0.2, -0.15) is 0 Å². The molecule has 0 aromatic rings. The highest BCUT2D eigenvalue weighted by molar-refractivity contribution is 4.96. The highest BCUT2D eigenvalue weighted by atomic mass is 15.1. The number of likely N-dealkylation sites (tertiary alicyclic amines) is 1. The van der Waals surface area contributed by atoms with Gasteiger partial charge in [0.15, 0.2) is 0 Å². The molecule has 58 valence electrons. The highest BCUT2D eigenvalue weighted by Crippen LogP contribution is 2.21. The summed E-state index contributed by atoms with van der Waals surface area (Å²) in [5, 5.41) is 0. The maximum absolute atomic E-state index is 2.42. The first kappa shape index (κ1) is 7.80. The van der Waals surface area contributed by atoms with Crippen LogP contribution in [0.1, 0.15) is 20.3 Å². The molecule has 1 rings (SSSR count).